The van der Waals surface area contributed by atoms with E-state index in [0.717, 1.165) is 22.2 Å². The number of rotatable bonds is 5. The van der Waals surface area contributed by atoms with Crippen LogP contribution in [0.15, 0.2) is 55.2 Å². The second-order valence-corrected chi connectivity index (χ2v) is 7.83. The Kier molecular flexibility index (Phi) is 6.86. The number of pyridine rings is 1. The van der Waals surface area contributed by atoms with Crippen molar-refractivity contribution in [2.24, 2.45) is 0 Å². The maximum Gasteiger partial charge on any atom is 0.490 e. The fourth-order valence-electron chi connectivity index (χ4n) is 2.73. The smallest absolute Gasteiger partial charge is 0.475 e. The predicted octanol–water partition coefficient (Wildman–Crippen LogP) is 3.83. The van der Waals surface area contributed by atoms with Gasteiger partial charge in [0.1, 0.15) is 16.5 Å². The third-order valence-corrected chi connectivity index (χ3v) is 5.23. The van der Waals surface area contributed by atoms with E-state index in [9.17, 15) is 18.0 Å². The molecule has 4 heterocycles. The van der Waals surface area contributed by atoms with Crippen molar-refractivity contribution in [3.8, 4) is 10.6 Å². The molecule has 0 aliphatic heterocycles. The first kappa shape index (κ1) is 24.3. The Labute approximate surface area is 202 Å². The summed E-state index contributed by atoms with van der Waals surface area (Å²) in [5, 5.41) is 30.8. The SMILES string of the molecule is O=C(Nc1cc(-c2nnc(Nc3ccc4[nH]ncc4c3)s2)ccn1)c1c[nH]cn1.O=C(O)C(F)(F)F. The van der Waals surface area contributed by atoms with Crippen LogP contribution in [0.1, 0.15) is 10.5 Å². The molecule has 0 unspecified atom stereocenters. The lowest BCUT2D eigenvalue weighted by atomic mass is 10.2. The van der Waals surface area contributed by atoms with E-state index in [-0.39, 0.29) is 11.6 Å². The highest BCUT2D eigenvalue weighted by atomic mass is 32.1. The van der Waals surface area contributed by atoms with Gasteiger partial charge in [0.2, 0.25) is 5.13 Å². The standard InChI is InChI=1S/C18H13N9OS.C2HF3O2/c28-16(14-8-19-9-21-14)24-15-6-10(3-4-20-15)17-26-27-18(29-17)23-12-1-2-13-11(5-12)7-22-25-13;3-2(4,5)1(6)7/h1-9H,(H,19,21)(H,22,25)(H,23,27)(H,20,24,28);(H,6,7). The molecule has 1 amide bonds. The zero-order valence-corrected chi connectivity index (χ0v) is 18.6. The molecule has 16 heteroatoms. The van der Waals surface area contributed by atoms with Gasteiger partial charge in [-0.1, -0.05) is 11.3 Å². The highest BCUT2D eigenvalue weighted by Crippen LogP contribution is 2.30. The molecule has 0 aliphatic rings. The van der Waals surface area contributed by atoms with Gasteiger partial charge in [-0.25, -0.2) is 14.8 Å². The van der Waals surface area contributed by atoms with Crippen LogP contribution in [0.2, 0.25) is 0 Å². The summed E-state index contributed by atoms with van der Waals surface area (Å²) in [5.41, 5.74) is 2.94. The average Bonchev–Trinajstić information content (AvgIpc) is 3.61. The van der Waals surface area contributed by atoms with Crippen molar-refractivity contribution in [1.82, 2.24) is 35.3 Å². The van der Waals surface area contributed by atoms with Crippen LogP contribution in [0.5, 0.6) is 0 Å². The number of carbonyl (C=O) groups is 2. The Bertz CT molecular complexity index is 1500. The Morgan fingerprint density at radius 2 is 1.89 bits per heavy atom. The molecule has 0 fully saturated rings. The number of fused-ring (bicyclic) bond motifs is 1. The number of aromatic amines is 2. The summed E-state index contributed by atoms with van der Waals surface area (Å²) in [4.78, 5) is 31.9. The van der Waals surface area contributed by atoms with Gasteiger partial charge < -0.3 is 20.7 Å². The van der Waals surface area contributed by atoms with Crippen molar-refractivity contribution in [2.45, 2.75) is 6.18 Å². The highest BCUT2D eigenvalue weighted by molar-refractivity contribution is 7.18. The molecule has 0 saturated carbocycles. The molecule has 0 bridgehead atoms. The van der Waals surface area contributed by atoms with Crippen LogP contribution in [0.4, 0.5) is 29.8 Å². The maximum atomic E-state index is 12.1. The number of nitrogens with one attached hydrogen (secondary N) is 4. The van der Waals surface area contributed by atoms with Crippen LogP contribution in [0.25, 0.3) is 21.5 Å². The van der Waals surface area contributed by atoms with Crippen LogP contribution >= 0.6 is 11.3 Å². The first-order valence-corrected chi connectivity index (χ1v) is 10.6. The Morgan fingerprint density at radius 3 is 2.61 bits per heavy atom. The van der Waals surface area contributed by atoms with Crippen molar-refractivity contribution in [1.29, 1.82) is 0 Å². The first-order chi connectivity index (χ1) is 17.2. The first-order valence-electron chi connectivity index (χ1n) is 9.79. The summed E-state index contributed by atoms with van der Waals surface area (Å²) < 4.78 is 31.7. The summed E-state index contributed by atoms with van der Waals surface area (Å²) in [6.45, 7) is 0. The predicted molar refractivity (Wildman–Crippen MR) is 123 cm³/mol. The molecule has 12 nitrogen and oxygen atoms in total. The van der Waals surface area contributed by atoms with E-state index in [1.54, 1.807) is 18.5 Å². The number of carboxylic acid groups (broad SMARTS) is 1. The molecule has 0 radical (unpaired) electrons. The molecule has 5 aromatic rings. The molecule has 5 N–H and O–H groups in total. The molecule has 0 atom stereocenters. The van der Waals surface area contributed by atoms with E-state index < -0.39 is 12.1 Å². The van der Waals surface area contributed by atoms with Crippen LogP contribution in [0, 0.1) is 0 Å². The number of aliphatic carboxylic acids is 1. The molecule has 0 aliphatic carbocycles. The number of carbonyl (C=O) groups excluding carboxylic acids is 1. The van der Waals surface area contributed by atoms with Gasteiger partial charge in [-0.3, -0.25) is 9.89 Å². The zero-order chi connectivity index (χ0) is 25.7. The number of anilines is 3. The lowest BCUT2D eigenvalue weighted by molar-refractivity contribution is -0.192. The largest absolute Gasteiger partial charge is 0.490 e. The molecular formula is C20H14F3N9O3S. The fourth-order valence-corrected chi connectivity index (χ4v) is 3.49. The van der Waals surface area contributed by atoms with E-state index >= 15 is 0 Å². The minimum Gasteiger partial charge on any atom is -0.475 e. The summed E-state index contributed by atoms with van der Waals surface area (Å²) in [7, 11) is 0. The number of aromatic nitrogens is 7. The molecule has 1 aromatic carbocycles. The lowest BCUT2D eigenvalue weighted by Gasteiger charge is -2.03. The molecule has 5 rings (SSSR count). The van der Waals surface area contributed by atoms with E-state index in [0.29, 0.717) is 16.0 Å². The third kappa shape index (κ3) is 5.98. The summed E-state index contributed by atoms with van der Waals surface area (Å²) >= 11 is 1.40. The quantitative estimate of drug-likeness (QED) is 0.232. The van der Waals surface area contributed by atoms with Crippen LogP contribution < -0.4 is 10.6 Å². The molecule has 4 aromatic heterocycles. The number of hydrogen-bond acceptors (Lipinski definition) is 9. The summed E-state index contributed by atoms with van der Waals surface area (Å²) in [6.07, 6.45) is 1.25. The van der Waals surface area contributed by atoms with E-state index in [1.165, 1.54) is 23.9 Å². The average molecular weight is 517 g/mol. The maximum absolute atomic E-state index is 12.1. The van der Waals surface area contributed by atoms with Crippen molar-refractivity contribution in [3.05, 3.63) is 60.9 Å². The van der Waals surface area contributed by atoms with Crippen molar-refractivity contribution < 1.29 is 27.9 Å². The minimum absolute atomic E-state index is 0.286. The van der Waals surface area contributed by atoms with Gasteiger partial charge in [-0.05, 0) is 30.3 Å². The minimum atomic E-state index is -5.08. The number of benzene rings is 1. The van der Waals surface area contributed by atoms with Gasteiger partial charge in [0.05, 0.1) is 18.0 Å². The van der Waals surface area contributed by atoms with Crippen molar-refractivity contribution >= 4 is 50.8 Å². The number of nitrogens with zero attached hydrogens (tertiary/aromatic N) is 5. The number of imidazole rings is 1. The number of amides is 1. The number of hydrogen-bond donors (Lipinski definition) is 5. The molecule has 0 spiro atoms. The fraction of sp³-hybridized carbons (Fsp3) is 0.0500. The van der Waals surface area contributed by atoms with Gasteiger partial charge >= 0.3 is 12.1 Å². The van der Waals surface area contributed by atoms with Crippen LogP contribution in [0.3, 0.4) is 0 Å². The third-order valence-electron chi connectivity index (χ3n) is 4.34. The number of alkyl halides is 3. The Hall–Kier alpha value is -4.86. The topological polar surface area (TPSA) is 174 Å². The van der Waals surface area contributed by atoms with E-state index in [4.69, 9.17) is 9.90 Å². The molecule has 0 saturated heterocycles. The normalized spacial score (nSPS) is 11.0. The van der Waals surface area contributed by atoms with Gasteiger partial charge in [0, 0.05) is 29.0 Å². The molecule has 36 heavy (non-hydrogen) atoms. The van der Waals surface area contributed by atoms with Gasteiger partial charge in [0.25, 0.3) is 5.91 Å². The summed E-state index contributed by atoms with van der Waals surface area (Å²) in [6, 6.07) is 9.42. The molecule has 184 valence electrons. The Morgan fingerprint density at radius 1 is 1.08 bits per heavy atom. The van der Waals surface area contributed by atoms with Crippen molar-refractivity contribution in [3.63, 3.8) is 0 Å². The number of carboxylic acids is 1. The van der Waals surface area contributed by atoms with E-state index in [2.05, 4.69) is 46.0 Å². The monoisotopic (exact) mass is 517 g/mol. The van der Waals surface area contributed by atoms with Gasteiger partial charge in [0.15, 0.2) is 0 Å². The number of H-pyrrole nitrogens is 2. The zero-order valence-electron chi connectivity index (χ0n) is 17.7. The Balaban J connectivity index is 0.000000384. The second-order valence-electron chi connectivity index (χ2n) is 6.85. The van der Waals surface area contributed by atoms with Crippen LogP contribution in [-0.2, 0) is 4.79 Å². The highest BCUT2D eigenvalue weighted by Gasteiger charge is 2.38. The van der Waals surface area contributed by atoms with Gasteiger partial charge in [-0.2, -0.15) is 18.3 Å². The molecular weight excluding hydrogens is 503 g/mol. The van der Waals surface area contributed by atoms with Crippen LogP contribution in [-0.4, -0.2) is 58.5 Å². The van der Waals surface area contributed by atoms with E-state index in [1.807, 2.05) is 24.3 Å². The second kappa shape index (κ2) is 10.2. The number of halogens is 3. The lowest BCUT2D eigenvalue weighted by Crippen LogP contribution is -2.21. The van der Waals surface area contributed by atoms with Gasteiger partial charge in [-0.15, -0.1) is 10.2 Å². The van der Waals surface area contributed by atoms with Crippen molar-refractivity contribution in [2.75, 3.05) is 10.6 Å². The summed E-state index contributed by atoms with van der Waals surface area (Å²) in [5.74, 6) is -2.69.